The molecule has 0 unspecified atom stereocenters. The standard InChI is InChI=1S/C16H15N3OS/c1-20-13-7-5-12(6-8-13)10-14-11-18-16(21-14)19-15-4-2-3-9-17-15/h2-9,11H,10H2,1H3,(H,17,18,19). The number of nitrogens with zero attached hydrogens (tertiary/aromatic N) is 2. The second kappa shape index (κ2) is 6.37. The van der Waals surface area contributed by atoms with Crippen LogP contribution in [-0.4, -0.2) is 17.1 Å². The highest BCUT2D eigenvalue weighted by molar-refractivity contribution is 7.15. The molecule has 0 atom stereocenters. The van der Waals surface area contributed by atoms with Crippen LogP contribution in [0.1, 0.15) is 10.4 Å². The number of ether oxygens (including phenoxy) is 1. The van der Waals surface area contributed by atoms with Crippen LogP contribution in [0.25, 0.3) is 0 Å². The number of hydrogen-bond donors (Lipinski definition) is 1. The van der Waals surface area contributed by atoms with E-state index in [0.717, 1.165) is 23.1 Å². The Morgan fingerprint density at radius 2 is 1.95 bits per heavy atom. The van der Waals surface area contributed by atoms with E-state index in [0.29, 0.717) is 0 Å². The van der Waals surface area contributed by atoms with Crippen LogP contribution in [0.15, 0.2) is 54.9 Å². The SMILES string of the molecule is COc1ccc(Cc2cnc(Nc3ccccn3)s2)cc1. The molecule has 0 fully saturated rings. The highest BCUT2D eigenvalue weighted by atomic mass is 32.1. The molecule has 21 heavy (non-hydrogen) atoms. The Labute approximate surface area is 127 Å². The number of pyridine rings is 1. The summed E-state index contributed by atoms with van der Waals surface area (Å²) in [4.78, 5) is 9.82. The van der Waals surface area contributed by atoms with Gasteiger partial charge in [-0.15, -0.1) is 11.3 Å². The van der Waals surface area contributed by atoms with Crippen LogP contribution in [0.3, 0.4) is 0 Å². The normalized spacial score (nSPS) is 10.3. The summed E-state index contributed by atoms with van der Waals surface area (Å²) in [5.74, 6) is 1.68. The Morgan fingerprint density at radius 3 is 2.67 bits per heavy atom. The van der Waals surface area contributed by atoms with Crippen LogP contribution in [0, 0.1) is 0 Å². The number of hydrogen-bond acceptors (Lipinski definition) is 5. The smallest absolute Gasteiger partial charge is 0.188 e. The Bertz CT molecular complexity index is 695. The number of nitrogens with one attached hydrogen (secondary N) is 1. The third kappa shape index (κ3) is 3.58. The van der Waals surface area contributed by atoms with Crippen molar-refractivity contribution in [3.8, 4) is 5.75 Å². The lowest BCUT2D eigenvalue weighted by molar-refractivity contribution is 0.414. The molecular formula is C16H15N3OS. The topological polar surface area (TPSA) is 47.0 Å². The summed E-state index contributed by atoms with van der Waals surface area (Å²) in [6.45, 7) is 0. The molecule has 0 aliphatic rings. The molecule has 3 rings (SSSR count). The minimum atomic E-state index is 0.808. The molecule has 1 aromatic carbocycles. The highest BCUT2D eigenvalue weighted by Crippen LogP contribution is 2.24. The van der Waals surface area contributed by atoms with E-state index in [2.05, 4.69) is 27.4 Å². The largest absolute Gasteiger partial charge is 0.497 e. The van der Waals surface area contributed by atoms with Gasteiger partial charge in [-0.25, -0.2) is 9.97 Å². The summed E-state index contributed by atoms with van der Waals surface area (Å²) in [6.07, 6.45) is 4.53. The Morgan fingerprint density at radius 1 is 1.10 bits per heavy atom. The molecule has 0 bridgehead atoms. The molecule has 0 spiro atoms. The van der Waals surface area contributed by atoms with Crippen molar-refractivity contribution < 1.29 is 4.74 Å². The van der Waals surface area contributed by atoms with Gasteiger partial charge in [0.25, 0.3) is 0 Å². The number of benzene rings is 1. The molecule has 0 amide bonds. The van der Waals surface area contributed by atoms with Crippen LogP contribution in [0.4, 0.5) is 10.9 Å². The maximum Gasteiger partial charge on any atom is 0.188 e. The number of methoxy groups -OCH3 is 1. The first-order valence-electron chi connectivity index (χ1n) is 6.59. The fourth-order valence-electron chi connectivity index (χ4n) is 1.94. The van der Waals surface area contributed by atoms with E-state index in [1.165, 1.54) is 10.4 Å². The summed E-state index contributed by atoms with van der Waals surface area (Å²) >= 11 is 1.64. The first-order valence-corrected chi connectivity index (χ1v) is 7.41. The van der Waals surface area contributed by atoms with Crippen molar-refractivity contribution in [2.75, 3.05) is 12.4 Å². The monoisotopic (exact) mass is 297 g/mol. The van der Waals surface area contributed by atoms with Crippen LogP contribution in [0.5, 0.6) is 5.75 Å². The lowest BCUT2D eigenvalue weighted by Crippen LogP contribution is -1.90. The zero-order valence-electron chi connectivity index (χ0n) is 11.6. The predicted octanol–water partition coefficient (Wildman–Crippen LogP) is 3.88. The van der Waals surface area contributed by atoms with Gasteiger partial charge in [0.15, 0.2) is 5.13 Å². The van der Waals surface area contributed by atoms with Crippen LogP contribution < -0.4 is 10.1 Å². The zero-order chi connectivity index (χ0) is 14.5. The predicted molar refractivity (Wildman–Crippen MR) is 85.4 cm³/mol. The minimum absolute atomic E-state index is 0.808. The van der Waals surface area contributed by atoms with Crippen molar-refractivity contribution in [3.05, 3.63) is 65.3 Å². The first kappa shape index (κ1) is 13.6. The summed E-state index contributed by atoms with van der Waals surface area (Å²) in [6, 6.07) is 13.9. The van der Waals surface area contributed by atoms with E-state index in [1.807, 2.05) is 36.5 Å². The van der Waals surface area contributed by atoms with E-state index in [9.17, 15) is 0 Å². The van der Waals surface area contributed by atoms with Crippen molar-refractivity contribution in [1.29, 1.82) is 0 Å². The number of aromatic nitrogens is 2. The molecule has 5 heteroatoms. The van der Waals surface area contributed by atoms with E-state index >= 15 is 0 Å². The average molecular weight is 297 g/mol. The number of anilines is 2. The molecule has 0 radical (unpaired) electrons. The highest BCUT2D eigenvalue weighted by Gasteiger charge is 2.04. The van der Waals surface area contributed by atoms with E-state index in [4.69, 9.17) is 4.74 Å². The Kier molecular flexibility index (Phi) is 4.12. The third-order valence-corrected chi connectivity index (χ3v) is 3.90. The van der Waals surface area contributed by atoms with Gasteiger partial charge in [0.1, 0.15) is 11.6 Å². The quantitative estimate of drug-likeness (QED) is 0.776. The van der Waals surface area contributed by atoms with E-state index in [1.54, 1.807) is 24.6 Å². The van der Waals surface area contributed by atoms with Gasteiger partial charge < -0.3 is 10.1 Å². The summed E-state index contributed by atoms with van der Waals surface area (Å²) in [5, 5.41) is 4.06. The third-order valence-electron chi connectivity index (χ3n) is 2.99. The Hall–Kier alpha value is -2.40. The zero-order valence-corrected chi connectivity index (χ0v) is 12.4. The van der Waals surface area contributed by atoms with E-state index in [-0.39, 0.29) is 0 Å². The molecule has 0 saturated carbocycles. The fourth-order valence-corrected chi connectivity index (χ4v) is 2.79. The molecule has 106 valence electrons. The van der Waals surface area contributed by atoms with Gasteiger partial charge in [-0.05, 0) is 29.8 Å². The minimum Gasteiger partial charge on any atom is -0.497 e. The summed E-state index contributed by atoms with van der Waals surface area (Å²) in [7, 11) is 1.67. The fraction of sp³-hybridized carbons (Fsp3) is 0.125. The van der Waals surface area contributed by atoms with Gasteiger partial charge in [-0.1, -0.05) is 18.2 Å². The van der Waals surface area contributed by atoms with Crippen LogP contribution in [0.2, 0.25) is 0 Å². The van der Waals surface area contributed by atoms with Crippen LogP contribution in [-0.2, 0) is 6.42 Å². The van der Waals surface area contributed by atoms with Gasteiger partial charge in [0.2, 0.25) is 0 Å². The molecule has 1 N–H and O–H groups in total. The molecule has 0 aliphatic heterocycles. The van der Waals surface area contributed by atoms with Crippen molar-refractivity contribution >= 4 is 22.3 Å². The van der Waals surface area contributed by atoms with Crippen LogP contribution >= 0.6 is 11.3 Å². The molecule has 4 nitrogen and oxygen atoms in total. The lowest BCUT2D eigenvalue weighted by atomic mass is 10.1. The lowest BCUT2D eigenvalue weighted by Gasteiger charge is -2.01. The molecule has 3 aromatic rings. The van der Waals surface area contributed by atoms with Gasteiger partial charge in [0, 0.05) is 23.7 Å². The molecule has 2 aromatic heterocycles. The molecule has 0 saturated heterocycles. The average Bonchev–Trinajstić information content (AvgIpc) is 2.96. The maximum atomic E-state index is 5.16. The second-order valence-corrected chi connectivity index (χ2v) is 5.61. The molecular weight excluding hydrogens is 282 g/mol. The summed E-state index contributed by atoms with van der Waals surface area (Å²) < 4.78 is 5.16. The molecule has 0 aliphatic carbocycles. The van der Waals surface area contributed by atoms with Gasteiger partial charge in [0.05, 0.1) is 7.11 Å². The van der Waals surface area contributed by atoms with Crippen molar-refractivity contribution in [1.82, 2.24) is 9.97 Å². The van der Waals surface area contributed by atoms with Crippen molar-refractivity contribution in [2.45, 2.75) is 6.42 Å². The maximum absolute atomic E-state index is 5.16. The van der Waals surface area contributed by atoms with Crippen molar-refractivity contribution in [2.24, 2.45) is 0 Å². The summed E-state index contributed by atoms with van der Waals surface area (Å²) in [5.41, 5.74) is 1.24. The number of rotatable bonds is 5. The first-order chi connectivity index (χ1) is 10.3. The van der Waals surface area contributed by atoms with Gasteiger partial charge in [-0.2, -0.15) is 0 Å². The number of thiazole rings is 1. The van der Waals surface area contributed by atoms with Crippen molar-refractivity contribution in [3.63, 3.8) is 0 Å². The van der Waals surface area contributed by atoms with E-state index < -0.39 is 0 Å². The second-order valence-electron chi connectivity index (χ2n) is 4.50. The van der Waals surface area contributed by atoms with Gasteiger partial charge >= 0.3 is 0 Å². The Balaban J connectivity index is 1.67. The van der Waals surface area contributed by atoms with Gasteiger partial charge in [-0.3, -0.25) is 0 Å². The molecule has 2 heterocycles.